The standard InChI is InChI=1S/C26H30BrClO5/c1-5-6-22-20(16-7-9-18(28)10-8-16)13-19(15(2)3)25(33-22)21-11-17(27)12-23(31-4)26(21)32-14-24(29)30/h7-12,19-20,22,25H,2,5-6,13-14H2,1,3-4H3,(H,29,30)/t19-,20-,22+,25+/m1/s1. The molecule has 1 saturated heterocycles. The van der Waals surface area contributed by atoms with Crippen LogP contribution in [0.15, 0.2) is 53.0 Å². The number of carboxylic acid groups (broad SMARTS) is 1. The third kappa shape index (κ3) is 6.11. The number of rotatable bonds is 9. The number of benzene rings is 2. The molecule has 1 fully saturated rings. The summed E-state index contributed by atoms with van der Waals surface area (Å²) < 4.78 is 18.8. The van der Waals surface area contributed by atoms with Crippen LogP contribution in [0.2, 0.25) is 5.02 Å². The third-order valence-corrected chi connectivity index (χ3v) is 6.77. The maximum absolute atomic E-state index is 11.2. The molecular formula is C26H30BrClO5. The number of aliphatic carboxylic acids is 1. The SMILES string of the molecule is C=C(C)[C@H]1C[C@H](c2ccc(Cl)cc2)[C@H](CCC)O[C@@H]1c1cc(Br)cc(OC)c1OCC(=O)O. The molecule has 0 radical (unpaired) electrons. The van der Waals surface area contributed by atoms with Crippen LogP contribution in [0.1, 0.15) is 56.3 Å². The van der Waals surface area contributed by atoms with Crippen molar-refractivity contribution in [2.45, 2.75) is 51.2 Å². The molecule has 2 aromatic rings. The molecule has 0 amide bonds. The van der Waals surface area contributed by atoms with Crippen molar-refractivity contribution < 1.29 is 24.1 Å². The Morgan fingerprint density at radius 2 is 2.00 bits per heavy atom. The summed E-state index contributed by atoms with van der Waals surface area (Å²) in [5.41, 5.74) is 2.94. The summed E-state index contributed by atoms with van der Waals surface area (Å²) in [6.07, 6.45) is 2.35. The molecule has 1 aliphatic heterocycles. The van der Waals surface area contributed by atoms with Gasteiger partial charge < -0.3 is 19.3 Å². The normalized spacial score (nSPS) is 22.6. The predicted molar refractivity (Wildman–Crippen MR) is 133 cm³/mol. The van der Waals surface area contributed by atoms with Crippen molar-refractivity contribution in [2.24, 2.45) is 5.92 Å². The van der Waals surface area contributed by atoms with Crippen LogP contribution in [0.4, 0.5) is 0 Å². The zero-order chi connectivity index (χ0) is 24.1. The highest BCUT2D eigenvalue weighted by atomic mass is 79.9. The van der Waals surface area contributed by atoms with E-state index in [9.17, 15) is 9.90 Å². The number of carboxylic acids is 1. The lowest BCUT2D eigenvalue weighted by molar-refractivity contribution is -0.139. The molecule has 1 heterocycles. The van der Waals surface area contributed by atoms with Gasteiger partial charge in [-0.05, 0) is 49.6 Å². The second-order valence-electron chi connectivity index (χ2n) is 8.44. The summed E-state index contributed by atoms with van der Waals surface area (Å²) >= 11 is 9.68. The quantitative estimate of drug-likeness (QED) is 0.343. The highest BCUT2D eigenvalue weighted by Crippen LogP contribution is 2.51. The Balaban J connectivity index is 2.06. The summed E-state index contributed by atoms with van der Waals surface area (Å²) in [5.74, 6) is -0.0164. The lowest BCUT2D eigenvalue weighted by Crippen LogP contribution is -2.36. The van der Waals surface area contributed by atoms with Gasteiger partial charge in [0.05, 0.1) is 19.3 Å². The Labute approximate surface area is 208 Å². The Morgan fingerprint density at radius 3 is 2.58 bits per heavy atom. The molecule has 1 aliphatic rings. The fourth-order valence-corrected chi connectivity index (χ4v) is 5.11. The molecule has 4 atom stereocenters. The molecule has 178 valence electrons. The van der Waals surface area contributed by atoms with Crippen LogP contribution in [0, 0.1) is 5.92 Å². The van der Waals surface area contributed by atoms with Gasteiger partial charge in [0.2, 0.25) is 0 Å². The van der Waals surface area contributed by atoms with E-state index in [4.69, 9.17) is 25.8 Å². The van der Waals surface area contributed by atoms with Gasteiger partial charge in [0.25, 0.3) is 0 Å². The predicted octanol–water partition coefficient (Wildman–Crippen LogP) is 7.18. The summed E-state index contributed by atoms with van der Waals surface area (Å²) in [5, 5.41) is 9.90. The number of hydrogen-bond acceptors (Lipinski definition) is 4. The number of hydrogen-bond donors (Lipinski definition) is 1. The fraction of sp³-hybridized carbons (Fsp3) is 0.423. The Kier molecular flexibility index (Phi) is 8.85. The van der Waals surface area contributed by atoms with E-state index in [1.165, 1.54) is 12.7 Å². The highest BCUT2D eigenvalue weighted by molar-refractivity contribution is 9.10. The van der Waals surface area contributed by atoms with Crippen molar-refractivity contribution in [1.29, 1.82) is 0 Å². The summed E-state index contributed by atoms with van der Waals surface area (Å²) in [6.45, 7) is 7.94. The van der Waals surface area contributed by atoms with Gasteiger partial charge in [-0.25, -0.2) is 4.79 Å². The second-order valence-corrected chi connectivity index (χ2v) is 9.79. The molecular weight excluding hydrogens is 508 g/mol. The van der Waals surface area contributed by atoms with Gasteiger partial charge in [0.1, 0.15) is 0 Å². The first-order valence-electron chi connectivity index (χ1n) is 11.0. The van der Waals surface area contributed by atoms with E-state index in [2.05, 4.69) is 41.6 Å². The van der Waals surface area contributed by atoms with Gasteiger partial charge in [-0.1, -0.05) is 65.2 Å². The lowest BCUT2D eigenvalue weighted by atomic mass is 9.74. The number of ether oxygens (including phenoxy) is 3. The number of methoxy groups -OCH3 is 1. The van der Waals surface area contributed by atoms with Crippen molar-refractivity contribution in [3.8, 4) is 11.5 Å². The molecule has 3 rings (SSSR count). The first-order chi connectivity index (χ1) is 15.7. The minimum absolute atomic E-state index is 0.00460. The van der Waals surface area contributed by atoms with Crippen LogP contribution in [0.3, 0.4) is 0 Å². The van der Waals surface area contributed by atoms with E-state index in [0.717, 1.165) is 34.9 Å². The summed E-state index contributed by atoms with van der Waals surface area (Å²) in [4.78, 5) is 11.2. The zero-order valence-electron chi connectivity index (χ0n) is 19.1. The van der Waals surface area contributed by atoms with Crippen molar-refractivity contribution in [3.05, 3.63) is 69.2 Å². The Morgan fingerprint density at radius 1 is 1.30 bits per heavy atom. The van der Waals surface area contributed by atoms with Crippen molar-refractivity contribution in [1.82, 2.24) is 0 Å². The largest absolute Gasteiger partial charge is 0.493 e. The molecule has 5 nitrogen and oxygen atoms in total. The monoisotopic (exact) mass is 536 g/mol. The first-order valence-corrected chi connectivity index (χ1v) is 12.2. The van der Waals surface area contributed by atoms with Gasteiger partial charge in [0, 0.05) is 26.9 Å². The topological polar surface area (TPSA) is 65.0 Å². The second kappa shape index (κ2) is 11.4. The molecule has 2 aromatic carbocycles. The minimum Gasteiger partial charge on any atom is -0.493 e. The van der Waals surface area contributed by atoms with Gasteiger partial charge in [-0.2, -0.15) is 0 Å². The first kappa shape index (κ1) is 25.6. The molecule has 0 bridgehead atoms. The Hall–Kier alpha value is -2.02. The number of halogens is 2. The molecule has 0 aliphatic carbocycles. The van der Waals surface area contributed by atoms with Crippen molar-refractivity contribution in [3.63, 3.8) is 0 Å². The van der Waals surface area contributed by atoms with Gasteiger partial charge in [-0.15, -0.1) is 0 Å². The highest BCUT2D eigenvalue weighted by Gasteiger charge is 2.41. The van der Waals surface area contributed by atoms with Crippen LogP contribution >= 0.6 is 27.5 Å². The zero-order valence-corrected chi connectivity index (χ0v) is 21.5. The van der Waals surface area contributed by atoms with Gasteiger partial charge in [0.15, 0.2) is 18.1 Å². The van der Waals surface area contributed by atoms with E-state index in [1.54, 1.807) is 6.07 Å². The van der Waals surface area contributed by atoms with Crippen molar-refractivity contribution in [2.75, 3.05) is 13.7 Å². The van der Waals surface area contributed by atoms with E-state index in [-0.39, 0.29) is 24.0 Å². The van der Waals surface area contributed by atoms with E-state index < -0.39 is 12.6 Å². The maximum Gasteiger partial charge on any atom is 0.341 e. The molecule has 7 heteroatoms. The molecule has 0 unspecified atom stereocenters. The summed E-state index contributed by atoms with van der Waals surface area (Å²) in [6, 6.07) is 11.7. The smallest absolute Gasteiger partial charge is 0.341 e. The van der Waals surface area contributed by atoms with E-state index in [0.29, 0.717) is 16.5 Å². The molecule has 33 heavy (non-hydrogen) atoms. The molecule has 1 N–H and O–H groups in total. The van der Waals surface area contributed by atoms with E-state index >= 15 is 0 Å². The molecule has 0 spiro atoms. The van der Waals surface area contributed by atoms with Crippen LogP contribution in [-0.2, 0) is 9.53 Å². The molecule has 0 aromatic heterocycles. The fourth-order valence-electron chi connectivity index (χ4n) is 4.53. The van der Waals surface area contributed by atoms with E-state index in [1.807, 2.05) is 25.1 Å². The van der Waals surface area contributed by atoms with Crippen LogP contribution < -0.4 is 9.47 Å². The lowest BCUT2D eigenvalue weighted by Gasteiger charge is -2.43. The van der Waals surface area contributed by atoms with Gasteiger partial charge in [-0.3, -0.25) is 0 Å². The minimum atomic E-state index is -1.06. The van der Waals surface area contributed by atoms with Gasteiger partial charge >= 0.3 is 5.97 Å². The summed E-state index contributed by atoms with van der Waals surface area (Å²) in [7, 11) is 1.54. The van der Waals surface area contributed by atoms with Crippen LogP contribution in [-0.4, -0.2) is 30.9 Å². The van der Waals surface area contributed by atoms with Crippen LogP contribution in [0.25, 0.3) is 0 Å². The average Bonchev–Trinajstić information content (AvgIpc) is 2.78. The average molecular weight is 538 g/mol. The van der Waals surface area contributed by atoms with Crippen molar-refractivity contribution >= 4 is 33.5 Å². The molecule has 0 saturated carbocycles. The Bertz CT molecular complexity index is 991. The maximum atomic E-state index is 11.2. The van der Waals surface area contributed by atoms with Crippen LogP contribution in [0.5, 0.6) is 11.5 Å². The number of carbonyl (C=O) groups is 1. The third-order valence-electron chi connectivity index (χ3n) is 6.06.